The fourth-order valence-electron chi connectivity index (χ4n) is 3.20. The zero-order valence-electron chi connectivity index (χ0n) is 12.4. The third kappa shape index (κ3) is 8.25. The van der Waals surface area contributed by atoms with Crippen LogP contribution in [0.3, 0.4) is 0 Å². The maximum atomic E-state index is 10.5. The molecular weight excluding hydrogens is 238 g/mol. The third-order valence-electron chi connectivity index (χ3n) is 4.50. The molecule has 19 heavy (non-hydrogen) atoms. The molecule has 1 fully saturated rings. The van der Waals surface area contributed by atoms with E-state index < -0.39 is 5.97 Å². The van der Waals surface area contributed by atoms with E-state index in [-0.39, 0.29) is 12.5 Å². The van der Waals surface area contributed by atoms with Gasteiger partial charge in [0.05, 0.1) is 6.42 Å². The molecule has 0 amide bonds. The first-order valence-electron chi connectivity index (χ1n) is 8.05. The van der Waals surface area contributed by atoms with E-state index in [4.69, 9.17) is 10.8 Å². The minimum Gasteiger partial charge on any atom is -0.481 e. The Hall–Kier alpha value is -0.570. The first-order chi connectivity index (χ1) is 9.08. The van der Waals surface area contributed by atoms with E-state index in [1.54, 1.807) is 0 Å². The lowest BCUT2D eigenvalue weighted by Crippen LogP contribution is -2.24. The average molecular weight is 269 g/mol. The number of carboxylic acids is 1. The van der Waals surface area contributed by atoms with Crippen molar-refractivity contribution in [3.63, 3.8) is 0 Å². The van der Waals surface area contributed by atoms with Gasteiger partial charge in [-0.15, -0.1) is 0 Å². The summed E-state index contributed by atoms with van der Waals surface area (Å²) in [5.74, 6) is 0.885. The van der Waals surface area contributed by atoms with Crippen LogP contribution >= 0.6 is 0 Å². The number of hydrogen-bond acceptors (Lipinski definition) is 2. The van der Waals surface area contributed by atoms with Crippen LogP contribution in [0.2, 0.25) is 0 Å². The second-order valence-corrected chi connectivity index (χ2v) is 6.48. The molecule has 0 heterocycles. The summed E-state index contributed by atoms with van der Waals surface area (Å²) in [6.45, 7) is 2.27. The molecule has 0 aromatic carbocycles. The van der Waals surface area contributed by atoms with Crippen molar-refractivity contribution in [3.05, 3.63) is 0 Å². The fourth-order valence-corrected chi connectivity index (χ4v) is 3.20. The van der Waals surface area contributed by atoms with Crippen molar-refractivity contribution in [2.45, 2.75) is 83.6 Å². The number of hydrogen-bond donors (Lipinski definition) is 2. The van der Waals surface area contributed by atoms with Gasteiger partial charge >= 0.3 is 5.97 Å². The topological polar surface area (TPSA) is 63.3 Å². The predicted molar refractivity (Wildman–Crippen MR) is 79.1 cm³/mol. The van der Waals surface area contributed by atoms with Crippen LogP contribution in [-0.4, -0.2) is 17.1 Å². The van der Waals surface area contributed by atoms with Gasteiger partial charge in [0.15, 0.2) is 0 Å². The summed E-state index contributed by atoms with van der Waals surface area (Å²) in [6, 6.07) is -0.168. The molecule has 0 aromatic rings. The van der Waals surface area contributed by atoms with Crippen LogP contribution in [0.25, 0.3) is 0 Å². The molecule has 0 bridgehead atoms. The van der Waals surface area contributed by atoms with Crippen LogP contribution in [0.5, 0.6) is 0 Å². The van der Waals surface area contributed by atoms with Crippen molar-refractivity contribution in [2.24, 2.45) is 17.6 Å². The summed E-state index contributed by atoms with van der Waals surface area (Å²) in [7, 11) is 0. The van der Waals surface area contributed by atoms with Gasteiger partial charge in [-0.05, 0) is 24.7 Å². The molecule has 1 aliphatic rings. The van der Waals surface area contributed by atoms with E-state index in [1.807, 2.05) is 0 Å². The Morgan fingerprint density at radius 2 is 1.89 bits per heavy atom. The van der Waals surface area contributed by atoms with Crippen molar-refractivity contribution in [1.82, 2.24) is 0 Å². The van der Waals surface area contributed by atoms with Gasteiger partial charge in [0, 0.05) is 6.04 Å². The van der Waals surface area contributed by atoms with E-state index in [1.165, 1.54) is 51.4 Å². The average Bonchev–Trinajstić information content (AvgIpc) is 2.37. The Labute approximate surface area is 118 Å². The lowest BCUT2D eigenvalue weighted by atomic mass is 9.84. The molecule has 1 saturated carbocycles. The quantitative estimate of drug-likeness (QED) is 0.666. The van der Waals surface area contributed by atoms with Gasteiger partial charge in [0.25, 0.3) is 0 Å². The number of carboxylic acid groups (broad SMARTS) is 1. The van der Waals surface area contributed by atoms with Crippen molar-refractivity contribution < 1.29 is 9.90 Å². The van der Waals surface area contributed by atoms with E-state index in [0.29, 0.717) is 5.92 Å². The third-order valence-corrected chi connectivity index (χ3v) is 4.50. The van der Waals surface area contributed by atoms with Crippen molar-refractivity contribution in [3.8, 4) is 0 Å². The minimum absolute atomic E-state index is 0.106. The predicted octanol–water partition coefficient (Wildman–Crippen LogP) is 3.96. The fraction of sp³-hybridized carbons (Fsp3) is 0.938. The Bertz CT molecular complexity index is 249. The van der Waals surface area contributed by atoms with Crippen molar-refractivity contribution in [1.29, 1.82) is 0 Å². The number of rotatable bonds is 9. The highest BCUT2D eigenvalue weighted by Crippen LogP contribution is 2.28. The minimum atomic E-state index is -0.780. The summed E-state index contributed by atoms with van der Waals surface area (Å²) in [4.78, 5) is 10.5. The summed E-state index contributed by atoms with van der Waals surface area (Å²) in [5, 5.41) is 8.65. The molecule has 3 N–H and O–H groups in total. The molecule has 2 atom stereocenters. The molecule has 112 valence electrons. The van der Waals surface area contributed by atoms with Crippen LogP contribution in [0.15, 0.2) is 0 Å². The molecular formula is C16H31NO2. The van der Waals surface area contributed by atoms with E-state index in [0.717, 1.165) is 18.8 Å². The van der Waals surface area contributed by atoms with Gasteiger partial charge in [-0.2, -0.15) is 0 Å². The van der Waals surface area contributed by atoms with Crippen molar-refractivity contribution >= 4 is 5.97 Å². The molecule has 2 unspecified atom stereocenters. The summed E-state index contributed by atoms with van der Waals surface area (Å²) in [6.07, 6.45) is 13.2. The van der Waals surface area contributed by atoms with Gasteiger partial charge in [0.2, 0.25) is 0 Å². The van der Waals surface area contributed by atoms with Crippen LogP contribution in [0.4, 0.5) is 0 Å². The molecule has 0 spiro atoms. The van der Waals surface area contributed by atoms with Crippen LogP contribution in [0.1, 0.15) is 77.6 Å². The second-order valence-electron chi connectivity index (χ2n) is 6.48. The smallest absolute Gasteiger partial charge is 0.304 e. The van der Waals surface area contributed by atoms with Crippen LogP contribution in [0, 0.1) is 11.8 Å². The Morgan fingerprint density at radius 1 is 1.21 bits per heavy atom. The maximum Gasteiger partial charge on any atom is 0.304 e. The lowest BCUT2D eigenvalue weighted by Gasteiger charge is -2.22. The molecule has 3 nitrogen and oxygen atoms in total. The van der Waals surface area contributed by atoms with Gasteiger partial charge < -0.3 is 10.8 Å². The maximum absolute atomic E-state index is 10.5. The molecule has 1 rings (SSSR count). The number of nitrogens with two attached hydrogens (primary N) is 1. The molecule has 0 saturated heterocycles. The molecule has 0 aromatic heterocycles. The lowest BCUT2D eigenvalue weighted by molar-refractivity contribution is -0.137. The Morgan fingerprint density at radius 3 is 2.53 bits per heavy atom. The number of carbonyl (C=O) groups is 1. The van der Waals surface area contributed by atoms with E-state index >= 15 is 0 Å². The standard InChI is InChI=1S/C16H31NO2/c1-13(10-11-15(17)12-16(18)19)6-5-9-14-7-3-2-4-8-14/h13-15H,2-12,17H2,1H3,(H,18,19). The highest BCUT2D eigenvalue weighted by Gasteiger charge is 2.14. The van der Waals surface area contributed by atoms with E-state index in [9.17, 15) is 4.79 Å². The first kappa shape index (κ1) is 16.5. The molecule has 1 aliphatic carbocycles. The largest absolute Gasteiger partial charge is 0.481 e. The van der Waals surface area contributed by atoms with Gasteiger partial charge in [-0.1, -0.05) is 58.3 Å². The first-order valence-corrected chi connectivity index (χ1v) is 8.05. The highest BCUT2D eigenvalue weighted by molar-refractivity contribution is 5.67. The molecule has 0 aliphatic heterocycles. The highest BCUT2D eigenvalue weighted by atomic mass is 16.4. The monoisotopic (exact) mass is 269 g/mol. The van der Waals surface area contributed by atoms with Crippen LogP contribution < -0.4 is 5.73 Å². The number of aliphatic carboxylic acids is 1. The van der Waals surface area contributed by atoms with Gasteiger partial charge in [-0.3, -0.25) is 4.79 Å². The van der Waals surface area contributed by atoms with Gasteiger partial charge in [0.1, 0.15) is 0 Å². The molecule has 0 radical (unpaired) electrons. The normalized spacial score (nSPS) is 20.1. The van der Waals surface area contributed by atoms with Crippen LogP contribution in [-0.2, 0) is 4.79 Å². The Kier molecular flexibility index (Phi) is 8.11. The van der Waals surface area contributed by atoms with Crippen molar-refractivity contribution in [2.75, 3.05) is 0 Å². The summed E-state index contributed by atoms with van der Waals surface area (Å²) in [5.41, 5.74) is 5.79. The summed E-state index contributed by atoms with van der Waals surface area (Å²) < 4.78 is 0. The SMILES string of the molecule is CC(CCCC1CCCCC1)CCC(N)CC(=O)O. The molecule has 3 heteroatoms. The second kappa shape index (κ2) is 9.35. The van der Waals surface area contributed by atoms with E-state index in [2.05, 4.69) is 6.92 Å². The van der Waals surface area contributed by atoms with Gasteiger partial charge in [-0.25, -0.2) is 0 Å². The summed E-state index contributed by atoms with van der Waals surface area (Å²) >= 11 is 0. The zero-order valence-corrected chi connectivity index (χ0v) is 12.4. The Balaban J connectivity index is 2.00. The zero-order chi connectivity index (χ0) is 14.1.